The Morgan fingerprint density at radius 3 is 2.00 bits per heavy atom. The van der Waals surface area contributed by atoms with E-state index in [-0.39, 0.29) is 5.92 Å². The topological polar surface area (TPSA) is 57.5 Å². The SMILES string of the molecule is O=C(O)C1(C2CCCCCC2O)CCCCCCC1. The van der Waals surface area contributed by atoms with E-state index in [1.807, 2.05) is 0 Å². The monoisotopic (exact) mass is 268 g/mol. The zero-order valence-electron chi connectivity index (χ0n) is 11.9. The predicted molar refractivity (Wildman–Crippen MR) is 75.0 cm³/mol. The molecule has 3 nitrogen and oxygen atoms in total. The second-order valence-corrected chi connectivity index (χ2v) is 6.54. The van der Waals surface area contributed by atoms with Gasteiger partial charge in [-0.15, -0.1) is 0 Å². The van der Waals surface area contributed by atoms with Crippen LogP contribution in [0.1, 0.15) is 77.0 Å². The van der Waals surface area contributed by atoms with E-state index in [0.717, 1.165) is 70.6 Å². The summed E-state index contributed by atoms with van der Waals surface area (Å²) < 4.78 is 0. The molecule has 2 unspecified atom stereocenters. The maximum atomic E-state index is 12.0. The lowest BCUT2D eigenvalue weighted by molar-refractivity contribution is -0.159. The Bertz CT molecular complexity index is 292. The Kier molecular flexibility index (Phi) is 5.26. The number of carbonyl (C=O) groups is 1. The van der Waals surface area contributed by atoms with Crippen LogP contribution in [0.5, 0.6) is 0 Å². The van der Waals surface area contributed by atoms with E-state index in [1.54, 1.807) is 0 Å². The van der Waals surface area contributed by atoms with Crippen LogP contribution >= 0.6 is 0 Å². The fraction of sp³-hybridized carbons (Fsp3) is 0.938. The fourth-order valence-corrected chi connectivity index (χ4v) is 4.21. The second kappa shape index (κ2) is 6.74. The van der Waals surface area contributed by atoms with Crippen molar-refractivity contribution in [2.45, 2.75) is 83.2 Å². The molecule has 2 aliphatic rings. The van der Waals surface area contributed by atoms with Gasteiger partial charge in [-0.2, -0.15) is 0 Å². The summed E-state index contributed by atoms with van der Waals surface area (Å²) in [4.78, 5) is 12.0. The van der Waals surface area contributed by atoms with E-state index >= 15 is 0 Å². The van der Waals surface area contributed by atoms with Crippen molar-refractivity contribution in [1.29, 1.82) is 0 Å². The van der Waals surface area contributed by atoms with Crippen LogP contribution in [-0.2, 0) is 4.79 Å². The molecule has 2 rings (SSSR count). The molecule has 0 radical (unpaired) electrons. The van der Waals surface area contributed by atoms with Gasteiger partial charge in [-0.1, -0.05) is 51.4 Å². The number of aliphatic hydroxyl groups excluding tert-OH is 1. The molecule has 0 aromatic rings. The molecule has 0 spiro atoms. The third kappa shape index (κ3) is 3.31. The zero-order chi connectivity index (χ0) is 13.7. The zero-order valence-corrected chi connectivity index (χ0v) is 11.9. The highest BCUT2D eigenvalue weighted by molar-refractivity contribution is 5.75. The van der Waals surface area contributed by atoms with Crippen molar-refractivity contribution in [2.75, 3.05) is 0 Å². The minimum atomic E-state index is -0.652. The van der Waals surface area contributed by atoms with Gasteiger partial charge in [0.2, 0.25) is 0 Å². The average molecular weight is 268 g/mol. The number of rotatable bonds is 2. The lowest BCUT2D eigenvalue weighted by Crippen LogP contribution is -2.44. The molecule has 2 saturated carbocycles. The summed E-state index contributed by atoms with van der Waals surface area (Å²) in [5.74, 6) is -0.675. The van der Waals surface area contributed by atoms with Gasteiger partial charge >= 0.3 is 5.97 Å². The third-order valence-corrected chi connectivity index (χ3v) is 5.36. The van der Waals surface area contributed by atoms with Gasteiger partial charge < -0.3 is 10.2 Å². The van der Waals surface area contributed by atoms with Crippen molar-refractivity contribution in [3.8, 4) is 0 Å². The van der Waals surface area contributed by atoms with Gasteiger partial charge in [0, 0.05) is 5.92 Å². The van der Waals surface area contributed by atoms with E-state index in [0.29, 0.717) is 0 Å². The number of hydrogen-bond donors (Lipinski definition) is 2. The molecule has 0 aromatic carbocycles. The number of hydrogen-bond acceptors (Lipinski definition) is 2. The Hall–Kier alpha value is -0.570. The van der Waals surface area contributed by atoms with Gasteiger partial charge in [0.25, 0.3) is 0 Å². The van der Waals surface area contributed by atoms with Gasteiger partial charge in [0.1, 0.15) is 0 Å². The number of aliphatic carboxylic acids is 1. The maximum Gasteiger partial charge on any atom is 0.310 e. The fourth-order valence-electron chi connectivity index (χ4n) is 4.21. The molecule has 0 bridgehead atoms. The number of aliphatic hydroxyl groups is 1. The van der Waals surface area contributed by atoms with Crippen LogP contribution in [0.25, 0.3) is 0 Å². The first-order valence-corrected chi connectivity index (χ1v) is 8.08. The van der Waals surface area contributed by atoms with Crippen LogP contribution in [0.4, 0.5) is 0 Å². The minimum absolute atomic E-state index is 0.0226. The summed E-state index contributed by atoms with van der Waals surface area (Å²) in [5, 5.41) is 20.3. The standard InChI is InChI=1S/C16H28O3/c17-14-10-6-4-5-9-13(14)16(15(18)19)11-7-2-1-3-8-12-16/h13-14,17H,1-12H2,(H,18,19). The van der Waals surface area contributed by atoms with Crippen LogP contribution in [0.3, 0.4) is 0 Å². The van der Waals surface area contributed by atoms with Gasteiger partial charge in [0.15, 0.2) is 0 Å². The van der Waals surface area contributed by atoms with Crippen molar-refractivity contribution < 1.29 is 15.0 Å². The third-order valence-electron chi connectivity index (χ3n) is 5.36. The van der Waals surface area contributed by atoms with Crippen molar-refractivity contribution in [3.63, 3.8) is 0 Å². The molecule has 2 atom stereocenters. The second-order valence-electron chi connectivity index (χ2n) is 6.54. The van der Waals surface area contributed by atoms with E-state index in [4.69, 9.17) is 0 Å². The van der Waals surface area contributed by atoms with Crippen LogP contribution in [0.15, 0.2) is 0 Å². The molecule has 0 saturated heterocycles. The first kappa shape index (κ1) is 14.8. The summed E-state index contributed by atoms with van der Waals surface area (Å²) >= 11 is 0. The highest BCUT2D eigenvalue weighted by Gasteiger charge is 2.47. The summed E-state index contributed by atoms with van der Waals surface area (Å²) in [6.45, 7) is 0. The molecule has 110 valence electrons. The van der Waals surface area contributed by atoms with E-state index in [1.165, 1.54) is 6.42 Å². The summed E-state index contributed by atoms with van der Waals surface area (Å²) in [5.41, 5.74) is -0.649. The molecule has 0 aliphatic heterocycles. The average Bonchev–Trinajstić information content (AvgIpc) is 2.54. The maximum absolute atomic E-state index is 12.0. The normalized spacial score (nSPS) is 32.9. The first-order valence-electron chi connectivity index (χ1n) is 8.08. The number of carboxylic acid groups (broad SMARTS) is 1. The molecule has 0 amide bonds. The van der Waals surface area contributed by atoms with Crippen molar-refractivity contribution in [3.05, 3.63) is 0 Å². The molecule has 2 fully saturated rings. The molecule has 2 aliphatic carbocycles. The van der Waals surface area contributed by atoms with Crippen LogP contribution in [0, 0.1) is 11.3 Å². The lowest BCUT2D eigenvalue weighted by atomic mass is 9.64. The molecule has 3 heteroatoms. The Balaban J connectivity index is 2.21. The smallest absolute Gasteiger partial charge is 0.310 e. The first-order chi connectivity index (χ1) is 9.17. The highest BCUT2D eigenvalue weighted by atomic mass is 16.4. The number of carboxylic acids is 1. The highest BCUT2D eigenvalue weighted by Crippen LogP contribution is 2.46. The predicted octanol–water partition coefficient (Wildman–Crippen LogP) is 3.74. The van der Waals surface area contributed by atoms with Crippen molar-refractivity contribution in [2.24, 2.45) is 11.3 Å². The molecular weight excluding hydrogens is 240 g/mol. The van der Waals surface area contributed by atoms with Gasteiger partial charge in [-0.3, -0.25) is 4.79 Å². The van der Waals surface area contributed by atoms with Gasteiger partial charge in [0.05, 0.1) is 11.5 Å². The van der Waals surface area contributed by atoms with Gasteiger partial charge in [-0.25, -0.2) is 0 Å². The molecule has 0 heterocycles. The summed E-state index contributed by atoms with van der Waals surface area (Å²) in [6, 6.07) is 0. The Labute approximate surface area is 116 Å². The Morgan fingerprint density at radius 1 is 0.842 bits per heavy atom. The summed E-state index contributed by atoms with van der Waals surface area (Å²) in [6.07, 6.45) is 11.6. The van der Waals surface area contributed by atoms with Crippen molar-refractivity contribution >= 4 is 5.97 Å². The molecule has 19 heavy (non-hydrogen) atoms. The van der Waals surface area contributed by atoms with Crippen LogP contribution in [0.2, 0.25) is 0 Å². The minimum Gasteiger partial charge on any atom is -0.481 e. The lowest BCUT2D eigenvalue weighted by Gasteiger charge is -2.40. The molecule has 2 N–H and O–H groups in total. The quantitative estimate of drug-likeness (QED) is 0.750. The van der Waals surface area contributed by atoms with Crippen LogP contribution in [-0.4, -0.2) is 22.3 Å². The largest absolute Gasteiger partial charge is 0.481 e. The molecule has 0 aromatic heterocycles. The summed E-state index contributed by atoms with van der Waals surface area (Å²) in [7, 11) is 0. The Morgan fingerprint density at radius 2 is 1.37 bits per heavy atom. The van der Waals surface area contributed by atoms with E-state index < -0.39 is 17.5 Å². The van der Waals surface area contributed by atoms with Crippen LogP contribution < -0.4 is 0 Å². The van der Waals surface area contributed by atoms with Crippen molar-refractivity contribution in [1.82, 2.24) is 0 Å². The molecular formula is C16H28O3. The van der Waals surface area contributed by atoms with E-state index in [2.05, 4.69) is 0 Å². The van der Waals surface area contributed by atoms with E-state index in [9.17, 15) is 15.0 Å². The van der Waals surface area contributed by atoms with Gasteiger partial charge in [-0.05, 0) is 25.7 Å².